The van der Waals surface area contributed by atoms with Crippen molar-refractivity contribution in [2.45, 2.75) is 45.4 Å². The van der Waals surface area contributed by atoms with Crippen molar-refractivity contribution in [3.8, 4) is 11.5 Å². The molecule has 3 aromatic carbocycles. The SMILES string of the molecule is CCCCCCCCOc1c(Br)cc(/C=C2/SC(=Nc3ccccc3)N(c3ccccc3)C2=O)cc1OC. The number of benzene rings is 3. The fourth-order valence-corrected chi connectivity index (χ4v) is 5.71. The Bertz CT molecular complexity index is 1280. The van der Waals surface area contributed by atoms with Crippen LogP contribution in [0.15, 0.2) is 87.2 Å². The minimum absolute atomic E-state index is 0.116. The summed E-state index contributed by atoms with van der Waals surface area (Å²) in [4.78, 5) is 20.6. The predicted octanol–water partition coefficient (Wildman–Crippen LogP) is 9.01. The summed E-state index contributed by atoms with van der Waals surface area (Å²) in [6.45, 7) is 2.87. The van der Waals surface area contributed by atoms with Crippen molar-refractivity contribution >= 4 is 56.2 Å². The molecule has 0 bridgehead atoms. The fraction of sp³-hybridized carbons (Fsp3) is 0.290. The maximum Gasteiger partial charge on any atom is 0.271 e. The standard InChI is InChI=1S/C31H33BrN2O3S/c1-3-4-5-6-7-14-19-37-29-26(32)20-23(21-27(29)36-2)22-28-30(35)34(25-17-12-9-13-18-25)31(38-28)33-24-15-10-8-11-16-24/h8-13,15-18,20-22H,3-7,14,19H2,1-2H3/b28-22+,33-31?. The van der Waals surface area contributed by atoms with Crippen molar-refractivity contribution in [3.63, 3.8) is 0 Å². The van der Waals surface area contributed by atoms with Crippen LogP contribution in [0.25, 0.3) is 6.08 Å². The van der Waals surface area contributed by atoms with Gasteiger partial charge in [-0.15, -0.1) is 0 Å². The van der Waals surface area contributed by atoms with Gasteiger partial charge in [0.1, 0.15) is 0 Å². The first-order valence-corrected chi connectivity index (χ1v) is 14.6. The molecule has 38 heavy (non-hydrogen) atoms. The average molecular weight is 594 g/mol. The van der Waals surface area contributed by atoms with Gasteiger partial charge < -0.3 is 9.47 Å². The van der Waals surface area contributed by atoms with Crippen molar-refractivity contribution in [1.82, 2.24) is 0 Å². The van der Waals surface area contributed by atoms with Crippen LogP contribution in [0.3, 0.4) is 0 Å². The number of anilines is 1. The van der Waals surface area contributed by atoms with Crippen molar-refractivity contribution in [1.29, 1.82) is 0 Å². The Balaban J connectivity index is 1.55. The lowest BCUT2D eigenvalue weighted by Gasteiger charge is -2.15. The maximum atomic E-state index is 13.6. The molecule has 0 N–H and O–H groups in total. The number of hydrogen-bond acceptors (Lipinski definition) is 5. The summed E-state index contributed by atoms with van der Waals surface area (Å²) >= 11 is 5.01. The summed E-state index contributed by atoms with van der Waals surface area (Å²) in [5, 5.41) is 0.614. The number of hydrogen-bond donors (Lipinski definition) is 0. The number of thioether (sulfide) groups is 1. The molecule has 1 aliphatic heterocycles. The lowest BCUT2D eigenvalue weighted by molar-refractivity contribution is -0.113. The van der Waals surface area contributed by atoms with Crippen LogP contribution >= 0.6 is 27.7 Å². The fourth-order valence-electron chi connectivity index (χ4n) is 4.14. The van der Waals surface area contributed by atoms with Gasteiger partial charge in [0.15, 0.2) is 16.7 Å². The minimum Gasteiger partial charge on any atom is -0.493 e. The number of ether oxygens (including phenoxy) is 2. The second kappa shape index (κ2) is 14.2. The molecule has 0 saturated carbocycles. The van der Waals surface area contributed by atoms with E-state index in [1.54, 1.807) is 12.0 Å². The highest BCUT2D eigenvalue weighted by Gasteiger charge is 2.34. The van der Waals surface area contributed by atoms with Gasteiger partial charge in [-0.2, -0.15) is 0 Å². The van der Waals surface area contributed by atoms with Gasteiger partial charge >= 0.3 is 0 Å². The Labute approximate surface area is 238 Å². The second-order valence-electron chi connectivity index (χ2n) is 8.97. The molecule has 0 radical (unpaired) electrons. The number of aliphatic imine (C=N–C) groups is 1. The van der Waals surface area contributed by atoms with Crippen LogP contribution in [0.5, 0.6) is 11.5 Å². The van der Waals surface area contributed by atoms with Gasteiger partial charge in [0.25, 0.3) is 5.91 Å². The predicted molar refractivity (Wildman–Crippen MR) is 163 cm³/mol. The highest BCUT2D eigenvalue weighted by Crippen LogP contribution is 2.40. The summed E-state index contributed by atoms with van der Waals surface area (Å²) in [7, 11) is 1.63. The molecule has 3 aromatic rings. The van der Waals surface area contributed by atoms with E-state index in [2.05, 4.69) is 22.9 Å². The second-order valence-corrected chi connectivity index (χ2v) is 10.8. The molecular formula is C31H33BrN2O3S. The van der Waals surface area contributed by atoms with E-state index >= 15 is 0 Å². The first kappa shape index (κ1) is 28.0. The van der Waals surface area contributed by atoms with E-state index in [9.17, 15) is 4.79 Å². The van der Waals surface area contributed by atoms with Crippen LogP contribution in [0, 0.1) is 0 Å². The zero-order valence-electron chi connectivity index (χ0n) is 21.9. The average Bonchev–Trinajstić information content (AvgIpc) is 3.23. The number of amides is 1. The van der Waals surface area contributed by atoms with Crippen LogP contribution in [0.4, 0.5) is 11.4 Å². The Morgan fingerprint density at radius 2 is 1.63 bits per heavy atom. The molecule has 1 fully saturated rings. The number of carbonyl (C=O) groups excluding carboxylic acids is 1. The van der Waals surface area contributed by atoms with E-state index < -0.39 is 0 Å². The Morgan fingerprint density at radius 3 is 2.34 bits per heavy atom. The largest absolute Gasteiger partial charge is 0.493 e. The molecule has 4 rings (SSSR count). The van der Waals surface area contributed by atoms with Crippen LogP contribution < -0.4 is 14.4 Å². The van der Waals surface area contributed by atoms with Gasteiger partial charge in [0.2, 0.25) is 0 Å². The number of carbonyl (C=O) groups is 1. The van der Waals surface area contributed by atoms with Crippen molar-refractivity contribution in [2.75, 3.05) is 18.6 Å². The van der Waals surface area contributed by atoms with Crippen molar-refractivity contribution < 1.29 is 14.3 Å². The van der Waals surface area contributed by atoms with Gasteiger partial charge in [-0.05, 0) is 82.2 Å². The summed E-state index contributed by atoms with van der Waals surface area (Å²) in [5.74, 6) is 1.20. The van der Waals surface area contributed by atoms with Crippen LogP contribution in [-0.4, -0.2) is 24.8 Å². The molecule has 0 aromatic heterocycles. The molecule has 1 saturated heterocycles. The quantitative estimate of drug-likeness (QED) is 0.155. The molecule has 1 heterocycles. The van der Waals surface area contributed by atoms with E-state index in [1.807, 2.05) is 78.9 Å². The third-order valence-electron chi connectivity index (χ3n) is 6.10. The normalized spacial score (nSPS) is 15.4. The number of methoxy groups -OCH3 is 1. The van der Waals surface area contributed by atoms with E-state index in [1.165, 1.54) is 37.4 Å². The van der Waals surface area contributed by atoms with E-state index in [4.69, 9.17) is 14.5 Å². The van der Waals surface area contributed by atoms with Gasteiger partial charge in [-0.1, -0.05) is 75.4 Å². The summed E-state index contributed by atoms with van der Waals surface area (Å²) in [6, 6.07) is 23.1. The van der Waals surface area contributed by atoms with E-state index in [-0.39, 0.29) is 5.91 Å². The van der Waals surface area contributed by atoms with E-state index in [0.29, 0.717) is 28.2 Å². The van der Waals surface area contributed by atoms with Crippen LogP contribution in [0.2, 0.25) is 0 Å². The highest BCUT2D eigenvalue weighted by atomic mass is 79.9. The number of rotatable bonds is 12. The maximum absolute atomic E-state index is 13.6. The smallest absolute Gasteiger partial charge is 0.271 e. The topological polar surface area (TPSA) is 51.1 Å². The molecule has 0 aliphatic carbocycles. The number of nitrogens with zero attached hydrogens (tertiary/aromatic N) is 2. The third kappa shape index (κ3) is 7.29. The molecule has 5 nitrogen and oxygen atoms in total. The first-order valence-electron chi connectivity index (χ1n) is 13.0. The molecular weight excluding hydrogens is 560 g/mol. The zero-order valence-corrected chi connectivity index (χ0v) is 24.3. The van der Waals surface area contributed by atoms with E-state index in [0.717, 1.165) is 34.3 Å². The first-order chi connectivity index (χ1) is 18.6. The molecule has 198 valence electrons. The van der Waals surface area contributed by atoms with Crippen LogP contribution in [0.1, 0.15) is 51.0 Å². The zero-order chi connectivity index (χ0) is 26.7. The lowest BCUT2D eigenvalue weighted by Crippen LogP contribution is -2.28. The molecule has 1 aliphatic rings. The molecule has 1 amide bonds. The number of amidine groups is 1. The molecule has 0 unspecified atom stereocenters. The molecule has 0 spiro atoms. The van der Waals surface area contributed by atoms with Crippen LogP contribution in [-0.2, 0) is 4.79 Å². The Hall–Kier alpha value is -3.03. The minimum atomic E-state index is -0.116. The van der Waals surface area contributed by atoms with Crippen molar-refractivity contribution in [3.05, 3.63) is 87.7 Å². The highest BCUT2D eigenvalue weighted by molar-refractivity contribution is 9.10. The monoisotopic (exact) mass is 592 g/mol. The third-order valence-corrected chi connectivity index (χ3v) is 7.65. The summed E-state index contributed by atoms with van der Waals surface area (Å²) < 4.78 is 12.5. The van der Waals surface area contributed by atoms with Gasteiger partial charge in [-0.25, -0.2) is 4.99 Å². The number of halogens is 1. The molecule has 0 atom stereocenters. The lowest BCUT2D eigenvalue weighted by atomic mass is 10.1. The Morgan fingerprint density at radius 1 is 0.947 bits per heavy atom. The van der Waals surface area contributed by atoms with Gasteiger partial charge in [0.05, 0.1) is 34.5 Å². The number of unbranched alkanes of at least 4 members (excludes halogenated alkanes) is 5. The summed E-state index contributed by atoms with van der Waals surface area (Å²) in [6.07, 6.45) is 9.11. The van der Waals surface area contributed by atoms with Crippen molar-refractivity contribution in [2.24, 2.45) is 4.99 Å². The van der Waals surface area contributed by atoms with Gasteiger partial charge in [0, 0.05) is 0 Å². The number of para-hydroxylation sites is 2. The molecule has 7 heteroatoms. The summed E-state index contributed by atoms with van der Waals surface area (Å²) in [5.41, 5.74) is 2.41. The van der Waals surface area contributed by atoms with Gasteiger partial charge in [-0.3, -0.25) is 9.69 Å². The Kier molecular flexibility index (Phi) is 10.5.